The third-order valence-electron chi connectivity index (χ3n) is 3.60. The van der Waals surface area contributed by atoms with E-state index in [2.05, 4.69) is 58.1 Å². The zero-order chi connectivity index (χ0) is 14.6. The number of hydrogen-bond acceptors (Lipinski definition) is 2. The first-order valence-corrected chi connectivity index (χ1v) is 7.05. The normalized spacial score (nSPS) is 11.9. The van der Waals surface area contributed by atoms with Crippen molar-refractivity contribution in [2.45, 2.75) is 52.9 Å². The number of rotatable bonds is 6. The second kappa shape index (κ2) is 6.33. The second-order valence-corrected chi connectivity index (χ2v) is 6.42. The summed E-state index contributed by atoms with van der Waals surface area (Å²) in [7, 11) is 0. The average molecular weight is 261 g/mol. The minimum atomic E-state index is 0.0322. The van der Waals surface area contributed by atoms with E-state index in [1.165, 1.54) is 16.7 Å². The molecule has 0 fully saturated rings. The Morgan fingerprint density at radius 1 is 1.32 bits per heavy atom. The number of hydrogen-bond donors (Lipinski definition) is 1. The Morgan fingerprint density at radius 2 is 1.95 bits per heavy atom. The largest absolute Gasteiger partial charge is 0.309 e. The first kappa shape index (κ1) is 15.9. The summed E-state index contributed by atoms with van der Waals surface area (Å²) in [6, 6.07) is 6.73. The van der Waals surface area contributed by atoms with E-state index in [1.54, 1.807) is 6.92 Å². The molecule has 0 saturated carbocycles. The highest BCUT2D eigenvalue weighted by molar-refractivity contribution is 5.77. The van der Waals surface area contributed by atoms with Crippen LogP contribution in [0.4, 0.5) is 0 Å². The highest BCUT2D eigenvalue weighted by Crippen LogP contribution is 2.28. The van der Waals surface area contributed by atoms with Gasteiger partial charge in [-0.2, -0.15) is 0 Å². The Bertz CT molecular complexity index is 447. The molecule has 0 aliphatic heterocycles. The van der Waals surface area contributed by atoms with Crippen molar-refractivity contribution in [1.29, 1.82) is 0 Å². The van der Waals surface area contributed by atoms with Gasteiger partial charge in [0.15, 0.2) is 0 Å². The molecule has 0 radical (unpaired) electrons. The molecule has 1 rings (SSSR count). The molecule has 0 aliphatic rings. The molecule has 0 unspecified atom stereocenters. The van der Waals surface area contributed by atoms with Crippen LogP contribution in [-0.4, -0.2) is 18.9 Å². The lowest BCUT2D eigenvalue weighted by Crippen LogP contribution is -2.35. The van der Waals surface area contributed by atoms with Crippen LogP contribution in [0.15, 0.2) is 18.2 Å². The van der Waals surface area contributed by atoms with E-state index >= 15 is 0 Å². The van der Waals surface area contributed by atoms with Gasteiger partial charge < -0.3 is 5.32 Å². The molecule has 106 valence electrons. The maximum absolute atomic E-state index is 11.0. The lowest BCUT2D eigenvalue weighted by molar-refractivity contribution is -0.116. The predicted molar refractivity (Wildman–Crippen MR) is 81.8 cm³/mol. The lowest BCUT2D eigenvalue weighted by atomic mass is 9.80. The Kier molecular flexibility index (Phi) is 5.30. The zero-order valence-corrected chi connectivity index (χ0v) is 13.1. The number of benzene rings is 1. The fourth-order valence-corrected chi connectivity index (χ4v) is 2.37. The van der Waals surface area contributed by atoms with Crippen molar-refractivity contribution in [1.82, 2.24) is 5.32 Å². The molecule has 0 amide bonds. The van der Waals surface area contributed by atoms with Crippen molar-refractivity contribution in [3.05, 3.63) is 34.9 Å². The quantitative estimate of drug-likeness (QED) is 0.848. The summed E-state index contributed by atoms with van der Waals surface area (Å²) in [4.78, 5) is 11.0. The van der Waals surface area contributed by atoms with Gasteiger partial charge in [-0.1, -0.05) is 45.9 Å². The summed E-state index contributed by atoms with van der Waals surface area (Å²) in [5.74, 6) is 0.726. The molecule has 0 spiro atoms. The highest BCUT2D eigenvalue weighted by atomic mass is 16.1. The summed E-state index contributed by atoms with van der Waals surface area (Å²) in [5.41, 5.74) is 4.10. The molecule has 1 aromatic carbocycles. The third-order valence-corrected chi connectivity index (χ3v) is 3.60. The van der Waals surface area contributed by atoms with Gasteiger partial charge in [0, 0.05) is 12.0 Å². The molecular formula is C17H27NO. The van der Waals surface area contributed by atoms with E-state index in [0.29, 0.717) is 12.5 Å². The first-order chi connectivity index (χ1) is 8.74. The fourth-order valence-electron chi connectivity index (χ4n) is 2.37. The van der Waals surface area contributed by atoms with Crippen LogP contribution >= 0.6 is 0 Å². The van der Waals surface area contributed by atoms with Crippen molar-refractivity contribution in [2.75, 3.05) is 13.1 Å². The van der Waals surface area contributed by atoms with Gasteiger partial charge in [-0.25, -0.2) is 0 Å². The van der Waals surface area contributed by atoms with Crippen molar-refractivity contribution in [3.8, 4) is 0 Å². The summed E-state index contributed by atoms with van der Waals surface area (Å²) in [6.07, 6.45) is 0. The highest BCUT2D eigenvalue weighted by Gasteiger charge is 2.22. The first-order valence-electron chi connectivity index (χ1n) is 7.05. The van der Waals surface area contributed by atoms with E-state index in [9.17, 15) is 4.79 Å². The van der Waals surface area contributed by atoms with Crippen LogP contribution in [0.2, 0.25) is 0 Å². The predicted octanol–water partition coefficient (Wildman–Crippen LogP) is 3.57. The Morgan fingerprint density at radius 3 is 2.47 bits per heavy atom. The van der Waals surface area contributed by atoms with Crippen molar-refractivity contribution >= 4 is 5.78 Å². The molecule has 0 heterocycles. The monoisotopic (exact) mass is 261 g/mol. The minimum absolute atomic E-state index is 0.0322. The van der Waals surface area contributed by atoms with E-state index in [1.807, 2.05) is 0 Å². The van der Waals surface area contributed by atoms with Crippen LogP contribution in [0.1, 0.15) is 57.2 Å². The molecule has 2 nitrogen and oxygen atoms in total. The lowest BCUT2D eigenvalue weighted by Gasteiger charge is -2.28. The van der Waals surface area contributed by atoms with Gasteiger partial charge in [-0.05, 0) is 36.5 Å². The van der Waals surface area contributed by atoms with Crippen molar-refractivity contribution in [3.63, 3.8) is 0 Å². The van der Waals surface area contributed by atoms with E-state index in [4.69, 9.17) is 0 Å². The molecule has 0 atom stereocenters. The number of ketones is 1. The van der Waals surface area contributed by atoms with Crippen LogP contribution in [0.5, 0.6) is 0 Å². The maximum Gasteiger partial charge on any atom is 0.143 e. The SMILES string of the molecule is CC(=O)CNCC(C)(C)c1cc(C(C)C)ccc1C. The van der Waals surface area contributed by atoms with Gasteiger partial charge in [0.05, 0.1) is 6.54 Å². The number of Topliss-reactive ketones (excluding diaryl/α,β-unsaturated/α-hetero) is 1. The van der Waals surface area contributed by atoms with Gasteiger partial charge in [0.2, 0.25) is 0 Å². The number of aryl methyl sites for hydroxylation is 1. The summed E-state index contributed by atoms with van der Waals surface area (Å²) in [6.45, 7) is 13.9. The molecule has 0 aromatic heterocycles. The standard InChI is InChI=1S/C17H27NO/c1-12(2)15-8-7-13(3)16(9-15)17(5,6)11-18-10-14(4)19/h7-9,12,18H,10-11H2,1-6H3. The average Bonchev–Trinajstić information content (AvgIpc) is 2.28. The summed E-state index contributed by atoms with van der Waals surface area (Å²) < 4.78 is 0. The Labute approximate surface area is 117 Å². The van der Waals surface area contributed by atoms with E-state index < -0.39 is 0 Å². The summed E-state index contributed by atoms with van der Waals surface area (Å²) in [5, 5.41) is 3.25. The minimum Gasteiger partial charge on any atom is -0.309 e. The van der Waals surface area contributed by atoms with Gasteiger partial charge >= 0.3 is 0 Å². The van der Waals surface area contributed by atoms with Crippen LogP contribution in [-0.2, 0) is 10.2 Å². The molecule has 1 aromatic rings. The topological polar surface area (TPSA) is 29.1 Å². The Balaban J connectivity index is 2.92. The van der Waals surface area contributed by atoms with E-state index in [0.717, 1.165) is 6.54 Å². The number of nitrogens with one attached hydrogen (secondary N) is 1. The molecule has 2 heteroatoms. The molecular weight excluding hydrogens is 234 g/mol. The van der Waals surface area contributed by atoms with Crippen LogP contribution in [0.3, 0.4) is 0 Å². The Hall–Kier alpha value is -1.15. The molecule has 0 bridgehead atoms. The molecule has 19 heavy (non-hydrogen) atoms. The maximum atomic E-state index is 11.0. The van der Waals surface area contributed by atoms with Crippen LogP contribution in [0.25, 0.3) is 0 Å². The second-order valence-electron chi connectivity index (χ2n) is 6.42. The van der Waals surface area contributed by atoms with Crippen molar-refractivity contribution in [2.24, 2.45) is 0 Å². The smallest absolute Gasteiger partial charge is 0.143 e. The van der Waals surface area contributed by atoms with Crippen molar-refractivity contribution < 1.29 is 4.79 Å². The third kappa shape index (κ3) is 4.46. The van der Waals surface area contributed by atoms with Crippen LogP contribution < -0.4 is 5.32 Å². The summed E-state index contributed by atoms with van der Waals surface area (Å²) >= 11 is 0. The van der Waals surface area contributed by atoms with Gasteiger partial charge in [-0.15, -0.1) is 0 Å². The molecule has 1 N–H and O–H groups in total. The number of carbonyl (C=O) groups excluding carboxylic acids is 1. The van der Waals surface area contributed by atoms with Crippen LogP contribution in [0, 0.1) is 6.92 Å². The fraction of sp³-hybridized carbons (Fsp3) is 0.588. The number of carbonyl (C=O) groups is 1. The molecule has 0 aliphatic carbocycles. The van der Waals surface area contributed by atoms with E-state index in [-0.39, 0.29) is 11.2 Å². The van der Waals surface area contributed by atoms with Gasteiger partial charge in [0.25, 0.3) is 0 Å². The zero-order valence-electron chi connectivity index (χ0n) is 13.1. The molecule has 0 saturated heterocycles. The van der Waals surface area contributed by atoms with Gasteiger partial charge in [0.1, 0.15) is 5.78 Å². The van der Waals surface area contributed by atoms with Gasteiger partial charge in [-0.3, -0.25) is 4.79 Å².